The molecular formula is C32H34ClN5O2. The van der Waals surface area contributed by atoms with Crippen LogP contribution in [0.15, 0.2) is 91.3 Å². The predicted octanol–water partition coefficient (Wildman–Crippen LogP) is 5.75. The fourth-order valence-corrected chi connectivity index (χ4v) is 4.99. The summed E-state index contributed by atoms with van der Waals surface area (Å²) in [6.45, 7) is 6.00. The van der Waals surface area contributed by atoms with Gasteiger partial charge in [0, 0.05) is 68.8 Å². The molecule has 40 heavy (non-hydrogen) atoms. The van der Waals surface area contributed by atoms with Crippen molar-refractivity contribution in [3.05, 3.63) is 113 Å². The summed E-state index contributed by atoms with van der Waals surface area (Å²) in [7, 11) is 0. The zero-order valence-corrected chi connectivity index (χ0v) is 23.2. The summed E-state index contributed by atoms with van der Waals surface area (Å²) in [6.07, 6.45) is 4.17. The molecule has 1 aliphatic rings. The lowest BCUT2D eigenvalue weighted by atomic mass is 9.93. The minimum atomic E-state index is -0.273. The first-order chi connectivity index (χ1) is 19.6. The van der Waals surface area contributed by atoms with E-state index in [4.69, 9.17) is 16.3 Å². The van der Waals surface area contributed by atoms with Gasteiger partial charge >= 0.3 is 6.03 Å². The maximum absolute atomic E-state index is 12.2. The van der Waals surface area contributed by atoms with Gasteiger partial charge in [-0.2, -0.15) is 0 Å². The Morgan fingerprint density at radius 1 is 0.950 bits per heavy atom. The van der Waals surface area contributed by atoms with Crippen LogP contribution in [0.25, 0.3) is 11.1 Å². The first-order valence-corrected chi connectivity index (χ1v) is 14.0. The Kier molecular flexibility index (Phi) is 9.63. The van der Waals surface area contributed by atoms with Crippen molar-refractivity contribution in [3.63, 3.8) is 0 Å². The van der Waals surface area contributed by atoms with E-state index >= 15 is 0 Å². The molecule has 3 aromatic carbocycles. The number of halogens is 1. The molecule has 2 heterocycles. The zero-order chi connectivity index (χ0) is 27.6. The van der Waals surface area contributed by atoms with Crippen molar-refractivity contribution in [2.24, 2.45) is 0 Å². The Labute approximate surface area is 240 Å². The Morgan fingerprint density at radius 2 is 1.77 bits per heavy atom. The normalized spacial score (nSPS) is 13.5. The highest BCUT2D eigenvalue weighted by atomic mass is 35.5. The molecule has 0 bridgehead atoms. The number of hydrogen-bond donors (Lipinski definition) is 3. The number of piperazine rings is 1. The topological polar surface area (TPSA) is 78.5 Å². The van der Waals surface area contributed by atoms with Gasteiger partial charge in [0.1, 0.15) is 5.75 Å². The van der Waals surface area contributed by atoms with Gasteiger partial charge in [-0.25, -0.2) is 4.79 Å². The van der Waals surface area contributed by atoms with Crippen LogP contribution in [-0.2, 0) is 19.5 Å². The van der Waals surface area contributed by atoms with E-state index in [1.807, 2.05) is 42.5 Å². The van der Waals surface area contributed by atoms with Gasteiger partial charge in [0.05, 0.1) is 6.61 Å². The van der Waals surface area contributed by atoms with Crippen LogP contribution in [0.4, 0.5) is 10.5 Å². The molecule has 206 valence electrons. The number of rotatable bonds is 10. The van der Waals surface area contributed by atoms with Crippen LogP contribution in [0.1, 0.15) is 16.7 Å². The Hall–Kier alpha value is -3.91. The van der Waals surface area contributed by atoms with Gasteiger partial charge in [-0.1, -0.05) is 48.0 Å². The van der Waals surface area contributed by atoms with Crippen LogP contribution in [0.2, 0.25) is 5.02 Å². The molecule has 0 aliphatic carbocycles. The molecule has 1 aliphatic heterocycles. The number of carbonyl (C=O) groups is 1. The summed E-state index contributed by atoms with van der Waals surface area (Å²) >= 11 is 6.46. The second-order valence-corrected chi connectivity index (χ2v) is 10.2. The quantitative estimate of drug-likeness (QED) is 0.232. The number of benzene rings is 3. The summed E-state index contributed by atoms with van der Waals surface area (Å²) in [5.41, 5.74) is 6.50. The molecule has 0 unspecified atom stereocenters. The number of urea groups is 1. The fraction of sp³-hybridized carbons (Fsp3) is 0.250. The van der Waals surface area contributed by atoms with Crippen molar-refractivity contribution in [2.45, 2.75) is 19.5 Å². The second kappa shape index (κ2) is 13.9. The van der Waals surface area contributed by atoms with E-state index in [0.717, 1.165) is 61.0 Å². The van der Waals surface area contributed by atoms with E-state index < -0.39 is 0 Å². The molecule has 0 radical (unpaired) electrons. The van der Waals surface area contributed by atoms with Gasteiger partial charge in [0.15, 0.2) is 0 Å². The van der Waals surface area contributed by atoms with Crippen LogP contribution < -0.4 is 20.7 Å². The summed E-state index contributed by atoms with van der Waals surface area (Å²) in [5, 5.41) is 9.82. The third-order valence-corrected chi connectivity index (χ3v) is 7.15. The van der Waals surface area contributed by atoms with Gasteiger partial charge < -0.3 is 20.7 Å². The molecule has 4 aromatic rings. The molecule has 0 atom stereocenters. The molecule has 8 heteroatoms. The van der Waals surface area contributed by atoms with Gasteiger partial charge in [0.25, 0.3) is 0 Å². The lowest BCUT2D eigenvalue weighted by Crippen LogP contribution is -2.42. The number of anilines is 1. The number of amides is 2. The highest BCUT2D eigenvalue weighted by Crippen LogP contribution is 2.31. The molecule has 1 fully saturated rings. The number of pyridine rings is 1. The van der Waals surface area contributed by atoms with Crippen molar-refractivity contribution in [1.82, 2.24) is 20.5 Å². The van der Waals surface area contributed by atoms with E-state index in [2.05, 4.69) is 62.2 Å². The first kappa shape index (κ1) is 27.6. The molecule has 7 nitrogen and oxygen atoms in total. The lowest BCUT2D eigenvalue weighted by molar-refractivity contribution is 0.233. The van der Waals surface area contributed by atoms with E-state index in [1.54, 1.807) is 12.4 Å². The van der Waals surface area contributed by atoms with Gasteiger partial charge in [-0.3, -0.25) is 9.88 Å². The van der Waals surface area contributed by atoms with Crippen molar-refractivity contribution in [3.8, 4) is 16.9 Å². The average molecular weight is 556 g/mol. The number of nitrogens with zero attached hydrogens (tertiary/aromatic N) is 2. The molecule has 5 rings (SSSR count). The smallest absolute Gasteiger partial charge is 0.319 e. The van der Waals surface area contributed by atoms with Gasteiger partial charge in [0.2, 0.25) is 0 Å². The number of carbonyl (C=O) groups excluding carboxylic acids is 1. The van der Waals surface area contributed by atoms with Crippen LogP contribution in [0.5, 0.6) is 5.75 Å². The van der Waals surface area contributed by atoms with Crippen LogP contribution in [0, 0.1) is 0 Å². The third-order valence-electron chi connectivity index (χ3n) is 6.91. The molecule has 3 N–H and O–H groups in total. The van der Waals surface area contributed by atoms with E-state index in [0.29, 0.717) is 18.8 Å². The van der Waals surface area contributed by atoms with E-state index in [-0.39, 0.29) is 6.03 Å². The molecular weight excluding hydrogens is 522 g/mol. The maximum Gasteiger partial charge on any atom is 0.319 e. The highest BCUT2D eigenvalue weighted by molar-refractivity contribution is 6.30. The van der Waals surface area contributed by atoms with E-state index in [1.165, 1.54) is 16.7 Å². The minimum Gasteiger partial charge on any atom is -0.493 e. The monoisotopic (exact) mass is 555 g/mol. The van der Waals surface area contributed by atoms with Crippen molar-refractivity contribution >= 4 is 23.3 Å². The number of ether oxygens (including phenoxy) is 1. The van der Waals surface area contributed by atoms with Crippen LogP contribution in [-0.4, -0.2) is 48.7 Å². The second-order valence-electron chi connectivity index (χ2n) is 9.78. The number of nitrogens with one attached hydrogen (secondary N) is 3. The molecule has 0 saturated carbocycles. The standard InChI is InChI=1S/C32H34ClN5O2/c33-27-8-7-25(31(20-27)30-6-2-1-5-26(30)23-38-17-15-34-16-18-38)13-19-40-29-11-9-28(10-12-29)37-32(39)36-22-24-4-3-14-35-21-24/h1-12,14,20-21,34H,13,15-19,22-23H2,(H2,36,37,39). The largest absolute Gasteiger partial charge is 0.493 e. The van der Waals surface area contributed by atoms with Gasteiger partial charge in [-0.05, 0) is 70.3 Å². The van der Waals surface area contributed by atoms with Crippen molar-refractivity contribution < 1.29 is 9.53 Å². The molecule has 1 aromatic heterocycles. The van der Waals surface area contributed by atoms with Crippen molar-refractivity contribution in [2.75, 3.05) is 38.1 Å². The molecule has 1 saturated heterocycles. The third kappa shape index (κ3) is 7.82. The number of hydrogen-bond acceptors (Lipinski definition) is 5. The summed E-state index contributed by atoms with van der Waals surface area (Å²) in [6, 6.07) is 25.6. The average Bonchev–Trinajstić information content (AvgIpc) is 2.99. The fourth-order valence-electron chi connectivity index (χ4n) is 4.82. The summed E-state index contributed by atoms with van der Waals surface area (Å²) < 4.78 is 6.06. The number of aromatic nitrogens is 1. The minimum absolute atomic E-state index is 0.273. The Bertz CT molecular complexity index is 1390. The van der Waals surface area contributed by atoms with Crippen molar-refractivity contribution in [1.29, 1.82) is 0 Å². The van der Waals surface area contributed by atoms with Crippen LogP contribution in [0.3, 0.4) is 0 Å². The highest BCUT2D eigenvalue weighted by Gasteiger charge is 2.15. The van der Waals surface area contributed by atoms with Crippen LogP contribution >= 0.6 is 11.6 Å². The van der Waals surface area contributed by atoms with Gasteiger partial charge in [-0.15, -0.1) is 0 Å². The Morgan fingerprint density at radius 3 is 2.58 bits per heavy atom. The maximum atomic E-state index is 12.2. The lowest BCUT2D eigenvalue weighted by Gasteiger charge is -2.28. The summed E-state index contributed by atoms with van der Waals surface area (Å²) in [4.78, 5) is 18.8. The van der Waals surface area contributed by atoms with E-state index in [9.17, 15) is 4.79 Å². The molecule has 2 amide bonds. The first-order valence-electron chi connectivity index (χ1n) is 13.6. The Balaban J connectivity index is 1.17. The molecule has 0 spiro atoms. The predicted molar refractivity (Wildman–Crippen MR) is 161 cm³/mol. The zero-order valence-electron chi connectivity index (χ0n) is 22.4. The summed E-state index contributed by atoms with van der Waals surface area (Å²) in [5.74, 6) is 0.746. The SMILES string of the molecule is O=C(NCc1cccnc1)Nc1ccc(OCCc2ccc(Cl)cc2-c2ccccc2CN2CCNCC2)cc1.